The fourth-order valence-corrected chi connectivity index (χ4v) is 1.53. The lowest BCUT2D eigenvalue weighted by Crippen LogP contribution is -2.49. The molecule has 4 nitrogen and oxygen atoms in total. The van der Waals surface area contributed by atoms with Gasteiger partial charge in [0.25, 0.3) is 0 Å². The van der Waals surface area contributed by atoms with Crippen molar-refractivity contribution in [3.63, 3.8) is 0 Å². The Morgan fingerprint density at radius 1 is 1.50 bits per heavy atom. The lowest BCUT2D eigenvalue weighted by Gasteiger charge is -2.39. The van der Waals surface area contributed by atoms with Crippen LogP contribution in [-0.4, -0.2) is 37.8 Å². The summed E-state index contributed by atoms with van der Waals surface area (Å²) in [5, 5.41) is 9.20. The van der Waals surface area contributed by atoms with Crippen molar-refractivity contribution in [3.05, 3.63) is 29.8 Å². The SMILES string of the molecule is O=Cc1cccc(OCC2(CO)COC2)c1. The first-order valence-electron chi connectivity index (χ1n) is 5.15. The maximum absolute atomic E-state index is 10.6. The van der Waals surface area contributed by atoms with Crippen molar-refractivity contribution < 1.29 is 19.4 Å². The van der Waals surface area contributed by atoms with Gasteiger partial charge < -0.3 is 14.6 Å². The zero-order valence-corrected chi connectivity index (χ0v) is 8.89. The van der Waals surface area contributed by atoms with Gasteiger partial charge in [0.2, 0.25) is 0 Å². The maximum Gasteiger partial charge on any atom is 0.150 e. The lowest BCUT2D eigenvalue weighted by molar-refractivity contribution is -0.153. The largest absolute Gasteiger partial charge is 0.493 e. The molecule has 0 radical (unpaired) electrons. The van der Waals surface area contributed by atoms with Crippen LogP contribution in [-0.2, 0) is 4.74 Å². The molecule has 2 rings (SSSR count). The molecule has 0 spiro atoms. The molecule has 1 aliphatic heterocycles. The van der Waals surface area contributed by atoms with Crippen LogP contribution in [0.3, 0.4) is 0 Å². The summed E-state index contributed by atoms with van der Waals surface area (Å²) in [5.74, 6) is 0.643. The molecule has 1 fully saturated rings. The molecular weight excluding hydrogens is 208 g/mol. The highest BCUT2D eigenvalue weighted by Gasteiger charge is 2.39. The van der Waals surface area contributed by atoms with E-state index in [-0.39, 0.29) is 12.0 Å². The average Bonchev–Trinajstić information content (AvgIpc) is 2.29. The predicted molar refractivity (Wildman–Crippen MR) is 57.7 cm³/mol. The number of aldehydes is 1. The molecule has 1 aromatic carbocycles. The van der Waals surface area contributed by atoms with Crippen LogP contribution in [0.2, 0.25) is 0 Å². The number of aliphatic hydroxyl groups excluding tert-OH is 1. The highest BCUT2D eigenvalue weighted by Crippen LogP contribution is 2.27. The van der Waals surface area contributed by atoms with Crippen molar-refractivity contribution in [1.82, 2.24) is 0 Å². The average molecular weight is 222 g/mol. The van der Waals surface area contributed by atoms with E-state index >= 15 is 0 Å². The second-order valence-electron chi connectivity index (χ2n) is 4.13. The summed E-state index contributed by atoms with van der Waals surface area (Å²) in [6.07, 6.45) is 0.779. The molecule has 0 saturated carbocycles. The Labute approximate surface area is 93.8 Å². The highest BCUT2D eigenvalue weighted by molar-refractivity contribution is 5.75. The maximum atomic E-state index is 10.6. The Kier molecular flexibility index (Phi) is 3.22. The molecular formula is C12H14O4. The molecule has 4 heteroatoms. The number of ether oxygens (including phenoxy) is 2. The van der Waals surface area contributed by atoms with E-state index < -0.39 is 0 Å². The number of carbonyl (C=O) groups is 1. The molecule has 1 aliphatic rings. The quantitative estimate of drug-likeness (QED) is 0.752. The van der Waals surface area contributed by atoms with Gasteiger partial charge in [-0.15, -0.1) is 0 Å². The number of aliphatic hydroxyl groups is 1. The van der Waals surface area contributed by atoms with E-state index in [2.05, 4.69) is 0 Å². The summed E-state index contributed by atoms with van der Waals surface area (Å²) in [6.45, 7) is 1.51. The van der Waals surface area contributed by atoms with E-state index in [1.807, 2.05) is 0 Å². The van der Waals surface area contributed by atoms with Crippen LogP contribution < -0.4 is 4.74 Å². The normalized spacial score (nSPS) is 17.6. The first kappa shape index (κ1) is 11.1. The first-order valence-corrected chi connectivity index (χ1v) is 5.15. The Morgan fingerprint density at radius 2 is 2.31 bits per heavy atom. The van der Waals surface area contributed by atoms with Crippen LogP contribution in [0.1, 0.15) is 10.4 Å². The van der Waals surface area contributed by atoms with Gasteiger partial charge in [-0.1, -0.05) is 12.1 Å². The second-order valence-corrected chi connectivity index (χ2v) is 4.13. The van der Waals surface area contributed by atoms with Gasteiger partial charge in [-0.05, 0) is 12.1 Å². The second kappa shape index (κ2) is 4.63. The van der Waals surface area contributed by atoms with Gasteiger partial charge in [0.15, 0.2) is 0 Å². The van der Waals surface area contributed by atoms with Crippen LogP contribution >= 0.6 is 0 Å². The molecule has 1 aromatic rings. The van der Waals surface area contributed by atoms with Gasteiger partial charge in [0.05, 0.1) is 25.2 Å². The highest BCUT2D eigenvalue weighted by atomic mass is 16.5. The van der Waals surface area contributed by atoms with Crippen LogP contribution in [0.4, 0.5) is 0 Å². The van der Waals surface area contributed by atoms with Gasteiger partial charge >= 0.3 is 0 Å². The van der Waals surface area contributed by atoms with E-state index in [1.165, 1.54) is 0 Å². The van der Waals surface area contributed by atoms with Crippen molar-refractivity contribution in [3.8, 4) is 5.75 Å². The number of benzene rings is 1. The minimum atomic E-state index is -0.267. The van der Waals surface area contributed by atoms with Crippen LogP contribution in [0.25, 0.3) is 0 Å². The first-order chi connectivity index (χ1) is 7.78. The molecule has 0 bridgehead atoms. The minimum absolute atomic E-state index is 0.0559. The zero-order valence-electron chi connectivity index (χ0n) is 8.89. The minimum Gasteiger partial charge on any atom is -0.493 e. The molecule has 0 atom stereocenters. The lowest BCUT2D eigenvalue weighted by atomic mass is 9.88. The number of rotatable bonds is 5. The Balaban J connectivity index is 1.96. The molecule has 16 heavy (non-hydrogen) atoms. The van der Waals surface area contributed by atoms with Gasteiger partial charge in [-0.25, -0.2) is 0 Å². The molecule has 0 aromatic heterocycles. The van der Waals surface area contributed by atoms with E-state index in [9.17, 15) is 9.90 Å². The standard InChI is InChI=1S/C12H14O4/c13-5-10-2-1-3-11(4-10)16-9-12(6-14)7-15-8-12/h1-5,14H,6-9H2. The fraction of sp³-hybridized carbons (Fsp3) is 0.417. The van der Waals surface area contributed by atoms with Gasteiger partial charge in [-0.2, -0.15) is 0 Å². The number of hydrogen-bond acceptors (Lipinski definition) is 4. The topological polar surface area (TPSA) is 55.8 Å². The molecule has 1 heterocycles. The van der Waals surface area contributed by atoms with Crippen LogP contribution in [0.15, 0.2) is 24.3 Å². The van der Waals surface area contributed by atoms with E-state index in [4.69, 9.17) is 9.47 Å². The molecule has 0 unspecified atom stereocenters. The monoisotopic (exact) mass is 222 g/mol. The van der Waals surface area contributed by atoms with E-state index in [1.54, 1.807) is 24.3 Å². The van der Waals surface area contributed by atoms with Crippen molar-refractivity contribution in [2.24, 2.45) is 5.41 Å². The summed E-state index contributed by atoms with van der Waals surface area (Å²) in [4.78, 5) is 10.6. The molecule has 0 aliphatic carbocycles. The predicted octanol–water partition coefficient (Wildman–Crippen LogP) is 0.887. The Morgan fingerprint density at radius 3 is 2.88 bits per heavy atom. The summed E-state index contributed by atoms with van der Waals surface area (Å²) >= 11 is 0. The van der Waals surface area contributed by atoms with Gasteiger partial charge in [0.1, 0.15) is 18.6 Å². The van der Waals surface area contributed by atoms with E-state index in [0.29, 0.717) is 31.1 Å². The van der Waals surface area contributed by atoms with Gasteiger partial charge in [0, 0.05) is 5.56 Å². The van der Waals surface area contributed by atoms with Crippen molar-refractivity contribution >= 4 is 6.29 Å². The van der Waals surface area contributed by atoms with Crippen molar-refractivity contribution in [2.45, 2.75) is 0 Å². The third kappa shape index (κ3) is 2.23. The fourth-order valence-electron chi connectivity index (χ4n) is 1.53. The Bertz CT molecular complexity index is 366. The summed E-state index contributed by atoms with van der Waals surface area (Å²) in [7, 11) is 0. The molecule has 0 amide bonds. The van der Waals surface area contributed by atoms with Crippen LogP contribution in [0.5, 0.6) is 5.75 Å². The molecule has 1 saturated heterocycles. The third-order valence-corrected chi connectivity index (χ3v) is 2.69. The summed E-state index contributed by atoms with van der Waals surface area (Å²) in [6, 6.07) is 6.95. The summed E-state index contributed by atoms with van der Waals surface area (Å²) < 4.78 is 10.6. The van der Waals surface area contributed by atoms with Crippen molar-refractivity contribution in [1.29, 1.82) is 0 Å². The zero-order chi connectivity index (χ0) is 11.4. The van der Waals surface area contributed by atoms with Crippen molar-refractivity contribution in [2.75, 3.05) is 26.4 Å². The van der Waals surface area contributed by atoms with Crippen LogP contribution in [0, 0.1) is 5.41 Å². The third-order valence-electron chi connectivity index (χ3n) is 2.69. The van der Waals surface area contributed by atoms with E-state index in [0.717, 1.165) is 6.29 Å². The number of carbonyl (C=O) groups excluding carboxylic acids is 1. The molecule has 1 N–H and O–H groups in total. The Hall–Kier alpha value is -1.39. The number of hydrogen-bond donors (Lipinski definition) is 1. The summed E-state index contributed by atoms with van der Waals surface area (Å²) in [5.41, 5.74) is 0.317. The smallest absolute Gasteiger partial charge is 0.150 e. The van der Waals surface area contributed by atoms with Gasteiger partial charge in [-0.3, -0.25) is 4.79 Å². The molecule has 86 valence electrons.